The highest BCUT2D eigenvalue weighted by molar-refractivity contribution is 6.00. The fourth-order valence-electron chi connectivity index (χ4n) is 3.82. The van der Waals surface area contributed by atoms with Gasteiger partial charge in [0.2, 0.25) is 0 Å². The molecule has 0 radical (unpaired) electrons. The number of carboxylic acid groups (broad SMARTS) is 1. The zero-order valence-corrected chi connectivity index (χ0v) is 17.3. The molecule has 4 aromatic rings. The molecule has 0 amide bonds. The Morgan fingerprint density at radius 1 is 1.19 bits per heavy atom. The molecule has 3 heterocycles. The third-order valence-electron chi connectivity index (χ3n) is 5.19. The van der Waals surface area contributed by atoms with E-state index in [2.05, 4.69) is 4.98 Å². The number of aromatic carboxylic acids is 1. The summed E-state index contributed by atoms with van der Waals surface area (Å²) in [6, 6.07) is 7.33. The van der Waals surface area contributed by atoms with Crippen molar-refractivity contribution in [1.29, 1.82) is 0 Å². The maximum atomic E-state index is 13.2. The summed E-state index contributed by atoms with van der Waals surface area (Å²) in [4.78, 5) is 40.7. The van der Waals surface area contributed by atoms with E-state index in [4.69, 9.17) is 4.52 Å². The van der Waals surface area contributed by atoms with Gasteiger partial charge >= 0.3 is 5.97 Å². The summed E-state index contributed by atoms with van der Waals surface area (Å²) in [5, 5.41) is 9.36. The first-order valence-electron chi connectivity index (χ1n) is 9.61. The summed E-state index contributed by atoms with van der Waals surface area (Å²) in [5.74, 6) is -1.08. The summed E-state index contributed by atoms with van der Waals surface area (Å²) >= 11 is 0. The molecule has 0 fully saturated rings. The average molecular weight is 444 g/mol. The number of rotatable bonds is 5. The summed E-state index contributed by atoms with van der Waals surface area (Å²) in [7, 11) is 1.49. The smallest absolute Gasteiger partial charge is 0.356 e. The normalized spacial score (nSPS) is 11.6. The Hall–Kier alpha value is -4.02. The van der Waals surface area contributed by atoms with Crippen molar-refractivity contribution in [3.63, 3.8) is 0 Å². The van der Waals surface area contributed by atoms with E-state index < -0.39 is 29.3 Å². The van der Waals surface area contributed by atoms with Gasteiger partial charge in [-0.15, -0.1) is 0 Å². The van der Waals surface area contributed by atoms with Crippen LogP contribution < -0.4 is 11.1 Å². The molecule has 0 aliphatic rings. The van der Waals surface area contributed by atoms with E-state index in [-0.39, 0.29) is 23.0 Å². The zero-order valence-electron chi connectivity index (χ0n) is 17.3. The minimum atomic E-state index is -3.03. The van der Waals surface area contributed by atoms with Crippen molar-refractivity contribution in [2.24, 2.45) is 7.05 Å². The third-order valence-corrected chi connectivity index (χ3v) is 5.19. The quantitative estimate of drug-likeness (QED) is 0.506. The lowest BCUT2D eigenvalue weighted by molar-refractivity contribution is 0.0690. The highest BCUT2D eigenvalue weighted by Crippen LogP contribution is 2.26. The van der Waals surface area contributed by atoms with Gasteiger partial charge in [0.25, 0.3) is 17.5 Å². The molecule has 0 saturated heterocycles. The van der Waals surface area contributed by atoms with Gasteiger partial charge in [-0.1, -0.05) is 12.1 Å². The van der Waals surface area contributed by atoms with Crippen LogP contribution in [0.2, 0.25) is 0 Å². The molecular weight excluding hydrogens is 426 g/mol. The van der Waals surface area contributed by atoms with Gasteiger partial charge in [-0.25, -0.2) is 23.2 Å². The van der Waals surface area contributed by atoms with Gasteiger partial charge in [0.1, 0.15) is 17.0 Å². The topological polar surface area (TPSA) is 112 Å². The molecule has 32 heavy (non-hydrogen) atoms. The first-order chi connectivity index (χ1) is 15.1. The van der Waals surface area contributed by atoms with E-state index in [1.54, 1.807) is 38.1 Å². The lowest BCUT2D eigenvalue weighted by Gasteiger charge is -2.12. The van der Waals surface area contributed by atoms with Crippen molar-refractivity contribution in [1.82, 2.24) is 19.1 Å². The second-order valence-corrected chi connectivity index (χ2v) is 7.10. The van der Waals surface area contributed by atoms with Gasteiger partial charge in [0, 0.05) is 13.6 Å². The van der Waals surface area contributed by atoms with Gasteiger partial charge in [0.15, 0.2) is 5.69 Å². The third kappa shape index (κ3) is 3.13. The molecule has 166 valence electrons. The number of hydrogen-bond acceptors (Lipinski definition) is 5. The Kier molecular flexibility index (Phi) is 5.03. The molecule has 3 aromatic heterocycles. The van der Waals surface area contributed by atoms with Gasteiger partial charge in [0.05, 0.1) is 16.6 Å². The van der Waals surface area contributed by atoms with Crippen LogP contribution in [-0.2, 0) is 13.6 Å². The molecule has 0 aliphatic carbocycles. The number of aromatic nitrogens is 4. The molecule has 0 saturated carbocycles. The van der Waals surface area contributed by atoms with E-state index in [0.29, 0.717) is 22.6 Å². The average Bonchev–Trinajstić information content (AvgIpc) is 3.19. The molecular formula is C21H18F2N4O5. The molecule has 1 aromatic carbocycles. The highest BCUT2D eigenvalue weighted by atomic mass is 19.3. The van der Waals surface area contributed by atoms with Crippen LogP contribution in [0.3, 0.4) is 0 Å². The van der Waals surface area contributed by atoms with Gasteiger partial charge in [-0.05, 0) is 37.6 Å². The first-order valence-corrected chi connectivity index (χ1v) is 9.61. The minimum absolute atomic E-state index is 0.0435. The van der Waals surface area contributed by atoms with E-state index in [1.807, 2.05) is 0 Å². The number of hydrogen-bond donors (Lipinski definition) is 1. The monoisotopic (exact) mass is 444 g/mol. The molecule has 9 nitrogen and oxygen atoms in total. The molecule has 0 bridgehead atoms. The second kappa shape index (κ2) is 7.59. The van der Waals surface area contributed by atoms with Crippen LogP contribution in [0.25, 0.3) is 27.7 Å². The zero-order chi connectivity index (χ0) is 23.3. The Balaban J connectivity index is 1.96. The molecule has 0 unspecified atom stereocenters. The van der Waals surface area contributed by atoms with Crippen LogP contribution in [0.5, 0.6) is 0 Å². The summed E-state index contributed by atoms with van der Waals surface area (Å²) in [6.45, 7) is 3.53. The Bertz CT molecular complexity index is 1480. The minimum Gasteiger partial charge on any atom is -0.476 e. The SMILES string of the molecule is CCn1c2c(C(=O)O)nc(C(F)F)cc2c(=O)n1-c1ccc(-c2c(C)on(C)c2=O)cc1. The Morgan fingerprint density at radius 2 is 1.84 bits per heavy atom. The van der Waals surface area contributed by atoms with Crippen LogP contribution in [0.4, 0.5) is 8.78 Å². The Labute approximate surface area is 178 Å². The van der Waals surface area contributed by atoms with E-state index in [1.165, 1.54) is 16.4 Å². The van der Waals surface area contributed by atoms with Crippen LogP contribution in [0.15, 0.2) is 44.4 Å². The molecule has 0 aliphatic heterocycles. The predicted molar refractivity (Wildman–Crippen MR) is 111 cm³/mol. The van der Waals surface area contributed by atoms with Crippen molar-refractivity contribution in [2.45, 2.75) is 26.8 Å². The number of aryl methyl sites for hydroxylation is 3. The van der Waals surface area contributed by atoms with Crippen molar-refractivity contribution in [2.75, 3.05) is 0 Å². The standard InChI is InChI=1S/C21H18F2N4O5/c1-4-26-17-13(9-14(18(22)23)24-16(17)21(30)31)19(28)27(26)12-7-5-11(6-8-12)15-10(2)32-25(3)20(15)29/h5-9,18H,4H2,1-3H3,(H,30,31). The van der Waals surface area contributed by atoms with Crippen molar-refractivity contribution in [3.05, 3.63) is 68.2 Å². The summed E-state index contributed by atoms with van der Waals surface area (Å²) < 4.78 is 35.5. The lowest BCUT2D eigenvalue weighted by Crippen LogP contribution is -2.21. The van der Waals surface area contributed by atoms with Gasteiger partial charge in [-0.3, -0.25) is 14.3 Å². The van der Waals surface area contributed by atoms with Crippen molar-refractivity contribution >= 4 is 16.9 Å². The number of nitrogens with zero attached hydrogens (tertiary/aromatic N) is 4. The van der Waals surface area contributed by atoms with Gasteiger partial charge in [-0.2, -0.15) is 4.74 Å². The number of carbonyl (C=O) groups is 1. The van der Waals surface area contributed by atoms with Crippen molar-refractivity contribution < 1.29 is 23.2 Å². The summed E-state index contributed by atoms with van der Waals surface area (Å²) in [6.07, 6.45) is -3.03. The maximum absolute atomic E-state index is 13.2. The molecule has 11 heteroatoms. The predicted octanol–water partition coefficient (Wildman–Crippen LogP) is 3.11. The van der Waals surface area contributed by atoms with E-state index >= 15 is 0 Å². The summed E-state index contributed by atoms with van der Waals surface area (Å²) in [5.41, 5.74) is -1.10. The van der Waals surface area contributed by atoms with Crippen LogP contribution in [0, 0.1) is 6.92 Å². The number of alkyl halides is 2. The fourth-order valence-corrected chi connectivity index (χ4v) is 3.82. The number of halogens is 2. The largest absolute Gasteiger partial charge is 0.476 e. The highest BCUT2D eigenvalue weighted by Gasteiger charge is 2.25. The maximum Gasteiger partial charge on any atom is 0.356 e. The van der Waals surface area contributed by atoms with E-state index in [9.17, 15) is 28.3 Å². The number of pyridine rings is 1. The van der Waals surface area contributed by atoms with Crippen LogP contribution in [-0.4, -0.2) is 30.2 Å². The Morgan fingerprint density at radius 3 is 2.34 bits per heavy atom. The first kappa shape index (κ1) is 21.2. The fraction of sp³-hybridized carbons (Fsp3) is 0.238. The van der Waals surface area contributed by atoms with Crippen LogP contribution in [0.1, 0.15) is 35.3 Å². The lowest BCUT2D eigenvalue weighted by atomic mass is 10.1. The van der Waals surface area contributed by atoms with Crippen molar-refractivity contribution in [3.8, 4) is 16.8 Å². The van der Waals surface area contributed by atoms with Crippen LogP contribution >= 0.6 is 0 Å². The molecule has 4 rings (SSSR count). The van der Waals surface area contributed by atoms with E-state index in [0.717, 1.165) is 10.8 Å². The molecule has 0 spiro atoms. The molecule has 0 atom stereocenters. The number of carboxylic acids is 1. The molecule has 1 N–H and O–H groups in total. The van der Waals surface area contributed by atoms with Gasteiger partial charge < -0.3 is 9.63 Å². The number of benzene rings is 1. The second-order valence-electron chi connectivity index (χ2n) is 7.10. The number of fused-ring (bicyclic) bond motifs is 1.